The molecule has 2 aromatic rings. The van der Waals surface area contributed by atoms with Gasteiger partial charge in [-0.2, -0.15) is 0 Å². The monoisotopic (exact) mass is 327 g/mol. The van der Waals surface area contributed by atoms with Crippen LogP contribution in [0.2, 0.25) is 5.02 Å². The molecule has 1 aliphatic heterocycles. The molecule has 21 heavy (non-hydrogen) atoms. The smallest absolute Gasteiger partial charge is 0.254 e. The van der Waals surface area contributed by atoms with Crippen LogP contribution < -0.4 is 15.6 Å². The molecule has 0 saturated heterocycles. The summed E-state index contributed by atoms with van der Waals surface area (Å²) in [6, 6.07) is 7.06. The highest BCUT2D eigenvalue weighted by Crippen LogP contribution is 2.16. The Labute approximate surface area is 133 Å². The zero-order valence-corrected chi connectivity index (χ0v) is 12.8. The van der Waals surface area contributed by atoms with Crippen molar-refractivity contribution in [2.45, 2.75) is 19.6 Å². The minimum absolute atomic E-state index is 0. The van der Waals surface area contributed by atoms with Crippen LogP contribution in [-0.4, -0.2) is 16.5 Å². The molecule has 0 radical (unpaired) electrons. The Morgan fingerprint density at radius 3 is 2.81 bits per heavy atom. The summed E-state index contributed by atoms with van der Waals surface area (Å²) in [5.41, 5.74) is 1.53. The molecule has 0 saturated carbocycles. The Kier molecular flexibility index (Phi) is 5.22. The quantitative estimate of drug-likeness (QED) is 0.905. The maximum Gasteiger partial charge on any atom is 0.254 e. The molecule has 7 heteroatoms. The molecule has 3 rings (SSSR count). The molecule has 0 amide bonds. The zero-order valence-electron chi connectivity index (χ0n) is 11.2. The van der Waals surface area contributed by atoms with Gasteiger partial charge in [0.1, 0.15) is 18.2 Å². The van der Waals surface area contributed by atoms with Crippen molar-refractivity contribution in [3.63, 3.8) is 0 Å². The number of H-pyrrole nitrogens is 1. The highest BCUT2D eigenvalue weighted by molar-refractivity contribution is 6.30. The number of ether oxygens (including phenoxy) is 1. The molecule has 1 aliphatic rings. The van der Waals surface area contributed by atoms with Gasteiger partial charge in [-0.25, -0.2) is 4.98 Å². The summed E-state index contributed by atoms with van der Waals surface area (Å²) in [4.78, 5) is 19.2. The van der Waals surface area contributed by atoms with Crippen LogP contribution in [0, 0.1) is 0 Å². The first-order valence-corrected chi connectivity index (χ1v) is 6.80. The van der Waals surface area contributed by atoms with Crippen LogP contribution in [0.15, 0.2) is 29.1 Å². The first kappa shape index (κ1) is 15.8. The first-order chi connectivity index (χ1) is 9.72. The summed E-state index contributed by atoms with van der Waals surface area (Å²) in [6.07, 6.45) is 0.718. The van der Waals surface area contributed by atoms with Crippen molar-refractivity contribution in [3.8, 4) is 5.75 Å². The van der Waals surface area contributed by atoms with Crippen molar-refractivity contribution in [2.24, 2.45) is 0 Å². The van der Waals surface area contributed by atoms with Crippen LogP contribution in [0.25, 0.3) is 0 Å². The van der Waals surface area contributed by atoms with Gasteiger partial charge in [0.05, 0.1) is 5.69 Å². The second-order valence-corrected chi connectivity index (χ2v) is 5.04. The lowest BCUT2D eigenvalue weighted by Crippen LogP contribution is -2.32. The molecule has 0 fully saturated rings. The lowest BCUT2D eigenvalue weighted by atomic mass is 10.1. The highest BCUT2D eigenvalue weighted by Gasteiger charge is 2.15. The van der Waals surface area contributed by atoms with Gasteiger partial charge in [0.2, 0.25) is 0 Å². The van der Waals surface area contributed by atoms with Gasteiger partial charge in [-0.1, -0.05) is 11.6 Å². The molecule has 0 unspecified atom stereocenters. The predicted molar refractivity (Wildman–Crippen MR) is 83.3 cm³/mol. The molecule has 5 nitrogen and oxygen atoms in total. The topological polar surface area (TPSA) is 67.0 Å². The number of nitrogens with one attached hydrogen (secondary N) is 2. The second kappa shape index (κ2) is 6.93. The fraction of sp³-hybridized carbons (Fsp3) is 0.286. The van der Waals surface area contributed by atoms with Gasteiger partial charge < -0.3 is 15.0 Å². The van der Waals surface area contributed by atoms with E-state index in [-0.39, 0.29) is 24.6 Å². The summed E-state index contributed by atoms with van der Waals surface area (Å²) >= 11 is 5.81. The third-order valence-electron chi connectivity index (χ3n) is 3.18. The van der Waals surface area contributed by atoms with Gasteiger partial charge in [0.25, 0.3) is 5.56 Å². The molecule has 0 aliphatic carbocycles. The molecular weight excluding hydrogens is 313 g/mol. The summed E-state index contributed by atoms with van der Waals surface area (Å²) in [5.74, 6) is 1.22. The molecule has 2 N–H and O–H groups in total. The molecule has 0 atom stereocenters. The average Bonchev–Trinajstić information content (AvgIpc) is 2.47. The SMILES string of the molecule is Cl.O=c1[nH]c(COc2ccc(Cl)cc2)nc2c1CCNC2. The second-order valence-electron chi connectivity index (χ2n) is 4.61. The van der Waals surface area contributed by atoms with E-state index in [9.17, 15) is 4.79 Å². The molecule has 1 aromatic heterocycles. The van der Waals surface area contributed by atoms with E-state index in [1.165, 1.54) is 0 Å². The lowest BCUT2D eigenvalue weighted by molar-refractivity contribution is 0.294. The van der Waals surface area contributed by atoms with Gasteiger partial charge in [-0.15, -0.1) is 12.4 Å². The van der Waals surface area contributed by atoms with Crippen LogP contribution in [0.1, 0.15) is 17.1 Å². The molecule has 112 valence electrons. The van der Waals surface area contributed by atoms with Crippen LogP contribution in [0.4, 0.5) is 0 Å². The molecule has 2 heterocycles. The van der Waals surface area contributed by atoms with E-state index in [2.05, 4.69) is 15.3 Å². The minimum atomic E-state index is -0.0637. The van der Waals surface area contributed by atoms with E-state index in [0.717, 1.165) is 24.2 Å². The summed E-state index contributed by atoms with van der Waals surface area (Å²) in [5, 5.41) is 3.86. The van der Waals surface area contributed by atoms with E-state index in [0.29, 0.717) is 23.1 Å². The zero-order chi connectivity index (χ0) is 13.9. The Balaban J connectivity index is 0.00000161. The Morgan fingerprint density at radius 1 is 1.29 bits per heavy atom. The van der Waals surface area contributed by atoms with Gasteiger partial charge in [-0.3, -0.25) is 4.79 Å². The van der Waals surface area contributed by atoms with Crippen LogP contribution in [0.5, 0.6) is 5.75 Å². The molecular formula is C14H15Cl2N3O2. The van der Waals surface area contributed by atoms with Gasteiger partial charge >= 0.3 is 0 Å². The number of hydrogen-bond donors (Lipinski definition) is 2. The van der Waals surface area contributed by atoms with Crippen molar-refractivity contribution < 1.29 is 4.74 Å². The molecule has 0 spiro atoms. The summed E-state index contributed by atoms with van der Waals surface area (Å²) in [6.45, 7) is 1.68. The van der Waals surface area contributed by atoms with Crippen molar-refractivity contribution in [3.05, 3.63) is 56.7 Å². The van der Waals surface area contributed by atoms with Crippen LogP contribution in [-0.2, 0) is 19.6 Å². The normalized spacial score (nSPS) is 13.2. The fourth-order valence-corrected chi connectivity index (χ4v) is 2.30. The van der Waals surface area contributed by atoms with Gasteiger partial charge in [0, 0.05) is 17.1 Å². The average molecular weight is 328 g/mol. The Hall–Kier alpha value is -1.56. The summed E-state index contributed by atoms with van der Waals surface area (Å²) < 4.78 is 5.58. The van der Waals surface area contributed by atoms with Crippen molar-refractivity contribution in [2.75, 3.05) is 6.54 Å². The van der Waals surface area contributed by atoms with E-state index in [1.54, 1.807) is 24.3 Å². The largest absolute Gasteiger partial charge is 0.486 e. The number of halogens is 2. The van der Waals surface area contributed by atoms with E-state index in [1.807, 2.05) is 0 Å². The lowest BCUT2D eigenvalue weighted by Gasteiger charge is -2.16. The number of fused-ring (bicyclic) bond motifs is 1. The number of hydrogen-bond acceptors (Lipinski definition) is 4. The number of nitrogens with zero attached hydrogens (tertiary/aromatic N) is 1. The maximum absolute atomic E-state index is 11.9. The fourth-order valence-electron chi connectivity index (χ4n) is 2.17. The first-order valence-electron chi connectivity index (χ1n) is 6.42. The maximum atomic E-state index is 11.9. The van der Waals surface area contributed by atoms with Gasteiger partial charge in [-0.05, 0) is 37.2 Å². The number of rotatable bonds is 3. The van der Waals surface area contributed by atoms with E-state index >= 15 is 0 Å². The molecule has 0 bridgehead atoms. The van der Waals surface area contributed by atoms with Crippen molar-refractivity contribution >= 4 is 24.0 Å². The minimum Gasteiger partial charge on any atom is -0.486 e. The summed E-state index contributed by atoms with van der Waals surface area (Å²) in [7, 11) is 0. The predicted octanol–water partition coefficient (Wildman–Crippen LogP) is 2.07. The number of aromatic amines is 1. The molecule has 1 aromatic carbocycles. The highest BCUT2D eigenvalue weighted by atomic mass is 35.5. The van der Waals surface area contributed by atoms with E-state index in [4.69, 9.17) is 16.3 Å². The third-order valence-corrected chi connectivity index (χ3v) is 3.44. The number of benzene rings is 1. The Morgan fingerprint density at radius 2 is 2.05 bits per heavy atom. The van der Waals surface area contributed by atoms with Crippen molar-refractivity contribution in [1.82, 2.24) is 15.3 Å². The van der Waals surface area contributed by atoms with Crippen LogP contribution in [0.3, 0.4) is 0 Å². The van der Waals surface area contributed by atoms with Crippen molar-refractivity contribution in [1.29, 1.82) is 0 Å². The number of aromatic nitrogens is 2. The van der Waals surface area contributed by atoms with Gasteiger partial charge in [0.15, 0.2) is 0 Å². The Bertz CT molecular complexity index is 671. The van der Waals surface area contributed by atoms with Crippen LogP contribution >= 0.6 is 24.0 Å². The third kappa shape index (κ3) is 3.75. The van der Waals surface area contributed by atoms with E-state index < -0.39 is 0 Å². The standard InChI is InChI=1S/C14H14ClN3O2.ClH/c15-9-1-3-10(4-2-9)20-8-13-17-12-7-16-6-5-11(12)14(19)18-13;/h1-4,16H,5-8H2,(H,17,18,19);1H.